The third kappa shape index (κ3) is 5.17. The molecule has 1 aromatic carbocycles. The molecule has 40 heavy (non-hydrogen) atoms. The van der Waals surface area contributed by atoms with Gasteiger partial charge in [-0.3, -0.25) is 4.79 Å². The van der Waals surface area contributed by atoms with E-state index in [9.17, 15) is 19.4 Å². The fourth-order valence-electron chi connectivity index (χ4n) is 6.66. The molecular formula is C32H35FN2O5. The van der Waals surface area contributed by atoms with Gasteiger partial charge in [0.2, 0.25) is 11.8 Å². The van der Waals surface area contributed by atoms with Crippen molar-refractivity contribution in [3.8, 4) is 22.9 Å². The largest absolute Gasteiger partial charge is 0.481 e. The number of hydrogen-bond acceptors (Lipinski definition) is 6. The number of aliphatic carboxylic acids is 1. The Bertz CT molecular complexity index is 1440. The molecule has 3 aromatic rings. The first-order valence-corrected chi connectivity index (χ1v) is 14.1. The molecule has 0 amide bonds. The summed E-state index contributed by atoms with van der Waals surface area (Å²) in [5.74, 6) is 0.0949. The minimum absolute atomic E-state index is 0.0249. The van der Waals surface area contributed by atoms with Gasteiger partial charge in [0.15, 0.2) is 0 Å². The zero-order valence-corrected chi connectivity index (χ0v) is 23.1. The normalized spacial score (nSPS) is 25.2. The van der Waals surface area contributed by atoms with Crippen LogP contribution in [0.15, 0.2) is 42.6 Å². The van der Waals surface area contributed by atoms with Crippen molar-refractivity contribution in [2.24, 2.45) is 17.8 Å². The van der Waals surface area contributed by atoms with Gasteiger partial charge in [0.05, 0.1) is 11.5 Å². The Morgan fingerprint density at radius 3 is 2.58 bits per heavy atom. The smallest absolute Gasteiger partial charge is 0.307 e. The summed E-state index contributed by atoms with van der Waals surface area (Å²) < 4.78 is 26.7. The number of pyridine rings is 2. The molecule has 3 aliphatic rings. The molecule has 0 spiro atoms. The highest BCUT2D eigenvalue weighted by Gasteiger charge is 2.59. The van der Waals surface area contributed by atoms with Gasteiger partial charge in [-0.15, -0.1) is 0 Å². The first kappa shape index (κ1) is 26.7. The molecule has 3 atom stereocenters. The lowest BCUT2D eigenvalue weighted by Gasteiger charge is -2.35. The average Bonchev–Trinajstić information content (AvgIpc) is 3.50. The molecule has 0 bridgehead atoms. The van der Waals surface area contributed by atoms with Crippen LogP contribution in [-0.4, -0.2) is 37.9 Å². The summed E-state index contributed by atoms with van der Waals surface area (Å²) in [6.45, 7) is 5.69. The standard InChI is InChI=1S/C32H35FN2O5/c1-17-23(9-11-27(35-17)40-22-7-5-21(6-8-22)32(2,3)38)18-4-10-26(33)20(12-18)16-39-28-14-19-13-24-29(25(19)15-34-28)30(24)31(36)37/h4,9-12,14-15,21-22,24,29-30,38H,5-8,13,16H2,1-3H3,(H,36,37)/t21?,22?,24-,29-,30+/m1/s1. The number of hydrogen-bond donors (Lipinski definition) is 2. The Labute approximate surface area is 233 Å². The number of nitrogens with zero attached hydrogens (tertiary/aromatic N) is 2. The van der Waals surface area contributed by atoms with E-state index < -0.39 is 11.6 Å². The summed E-state index contributed by atoms with van der Waals surface area (Å²) >= 11 is 0. The Morgan fingerprint density at radius 1 is 1.10 bits per heavy atom. The minimum atomic E-state index is -0.741. The Kier molecular flexibility index (Phi) is 6.77. The van der Waals surface area contributed by atoms with Gasteiger partial charge < -0.3 is 19.7 Å². The lowest BCUT2D eigenvalue weighted by molar-refractivity contribution is -0.139. The zero-order chi connectivity index (χ0) is 28.2. The molecule has 210 valence electrons. The Hall–Kier alpha value is -3.52. The third-order valence-corrected chi connectivity index (χ3v) is 9.02. The summed E-state index contributed by atoms with van der Waals surface area (Å²) in [5, 5.41) is 19.6. The van der Waals surface area contributed by atoms with Gasteiger partial charge in [-0.05, 0) is 99.6 Å². The molecule has 2 heterocycles. The minimum Gasteiger partial charge on any atom is -0.481 e. The number of carboxylic acid groups (broad SMARTS) is 1. The van der Waals surface area contributed by atoms with Crippen LogP contribution in [0.5, 0.6) is 11.8 Å². The SMILES string of the molecule is Cc1nc(OC2CCC(C(C)(C)O)CC2)ccc1-c1ccc(F)c(COc2cc3c(cn2)[C@H]2[C@@H](C3)[C@@H]2C(=O)O)c1. The van der Waals surface area contributed by atoms with E-state index in [1.807, 2.05) is 39.0 Å². The molecule has 0 saturated heterocycles. The molecule has 7 nitrogen and oxygen atoms in total. The second-order valence-electron chi connectivity index (χ2n) is 12.1. The van der Waals surface area contributed by atoms with E-state index in [2.05, 4.69) is 9.97 Å². The van der Waals surface area contributed by atoms with Gasteiger partial charge >= 0.3 is 5.97 Å². The third-order valence-electron chi connectivity index (χ3n) is 9.02. The van der Waals surface area contributed by atoms with E-state index in [1.54, 1.807) is 18.3 Å². The topological polar surface area (TPSA) is 102 Å². The fraction of sp³-hybridized carbons (Fsp3) is 0.469. The van der Waals surface area contributed by atoms with Crippen molar-refractivity contribution in [2.75, 3.05) is 0 Å². The van der Waals surface area contributed by atoms with Gasteiger partial charge in [-0.25, -0.2) is 14.4 Å². The summed E-state index contributed by atoms with van der Waals surface area (Å²) in [7, 11) is 0. The van der Waals surface area contributed by atoms with E-state index in [0.29, 0.717) is 23.7 Å². The Morgan fingerprint density at radius 2 is 1.88 bits per heavy atom. The molecule has 3 aliphatic carbocycles. The maximum absolute atomic E-state index is 14.7. The number of halogens is 1. The van der Waals surface area contributed by atoms with Gasteiger partial charge in [0.1, 0.15) is 18.5 Å². The number of aryl methyl sites for hydroxylation is 1. The fourth-order valence-corrected chi connectivity index (χ4v) is 6.66. The van der Waals surface area contributed by atoms with Crippen molar-refractivity contribution in [2.45, 2.75) is 77.1 Å². The molecule has 8 heteroatoms. The molecule has 2 fully saturated rings. The number of ether oxygens (including phenoxy) is 2. The number of rotatable bonds is 8. The van der Waals surface area contributed by atoms with Crippen molar-refractivity contribution in [3.05, 3.63) is 70.8 Å². The van der Waals surface area contributed by atoms with E-state index in [0.717, 1.165) is 53.6 Å². The Balaban J connectivity index is 1.10. The number of carbonyl (C=O) groups is 1. The molecule has 2 N–H and O–H groups in total. The predicted octanol–water partition coefficient (Wildman–Crippen LogP) is 5.85. The number of benzene rings is 1. The maximum atomic E-state index is 14.7. The van der Waals surface area contributed by atoms with Crippen molar-refractivity contribution in [1.29, 1.82) is 0 Å². The van der Waals surface area contributed by atoms with Crippen LogP contribution < -0.4 is 9.47 Å². The van der Waals surface area contributed by atoms with Crippen LogP contribution in [0.4, 0.5) is 4.39 Å². The highest BCUT2D eigenvalue weighted by atomic mass is 19.1. The van der Waals surface area contributed by atoms with Crippen LogP contribution in [0.25, 0.3) is 11.1 Å². The monoisotopic (exact) mass is 546 g/mol. The number of aromatic nitrogens is 2. The molecular weight excluding hydrogens is 511 g/mol. The van der Waals surface area contributed by atoms with Gasteiger partial charge in [0, 0.05) is 41.1 Å². The molecule has 2 aromatic heterocycles. The van der Waals surface area contributed by atoms with E-state index >= 15 is 0 Å². The summed E-state index contributed by atoms with van der Waals surface area (Å²) in [6, 6.07) is 10.6. The summed E-state index contributed by atoms with van der Waals surface area (Å²) in [5.41, 5.74) is 4.34. The molecule has 6 rings (SSSR count). The molecule has 0 unspecified atom stereocenters. The lowest BCUT2D eigenvalue weighted by Crippen LogP contribution is -2.36. The van der Waals surface area contributed by atoms with Gasteiger partial charge in [-0.2, -0.15) is 0 Å². The second kappa shape index (κ2) is 10.1. The average molecular weight is 547 g/mol. The molecule has 0 aliphatic heterocycles. The van der Waals surface area contributed by atoms with Crippen molar-refractivity contribution in [1.82, 2.24) is 9.97 Å². The van der Waals surface area contributed by atoms with Crippen LogP contribution in [0, 0.1) is 30.5 Å². The zero-order valence-electron chi connectivity index (χ0n) is 23.1. The van der Waals surface area contributed by atoms with Crippen molar-refractivity contribution < 1.29 is 28.9 Å². The van der Waals surface area contributed by atoms with E-state index in [-0.39, 0.29) is 42.2 Å². The second-order valence-corrected chi connectivity index (χ2v) is 12.1. The predicted molar refractivity (Wildman–Crippen MR) is 147 cm³/mol. The maximum Gasteiger partial charge on any atom is 0.307 e. The van der Waals surface area contributed by atoms with Crippen LogP contribution in [0.2, 0.25) is 0 Å². The van der Waals surface area contributed by atoms with E-state index in [4.69, 9.17) is 9.47 Å². The summed E-state index contributed by atoms with van der Waals surface area (Å²) in [4.78, 5) is 20.4. The van der Waals surface area contributed by atoms with Crippen LogP contribution in [-0.2, 0) is 17.8 Å². The quantitative estimate of drug-likeness (QED) is 0.366. The first-order valence-electron chi connectivity index (χ1n) is 14.1. The number of carboxylic acids is 1. The van der Waals surface area contributed by atoms with Crippen molar-refractivity contribution >= 4 is 5.97 Å². The van der Waals surface area contributed by atoms with Gasteiger partial charge in [-0.1, -0.05) is 6.07 Å². The van der Waals surface area contributed by atoms with Crippen LogP contribution in [0.3, 0.4) is 0 Å². The van der Waals surface area contributed by atoms with Gasteiger partial charge in [0.25, 0.3) is 0 Å². The highest BCUT2D eigenvalue weighted by molar-refractivity contribution is 5.77. The molecule has 0 radical (unpaired) electrons. The lowest BCUT2D eigenvalue weighted by atomic mass is 9.78. The van der Waals surface area contributed by atoms with Crippen LogP contribution >= 0.6 is 0 Å². The number of fused-ring (bicyclic) bond motifs is 3. The highest BCUT2D eigenvalue weighted by Crippen LogP contribution is 2.61. The number of aliphatic hydroxyl groups is 1. The van der Waals surface area contributed by atoms with E-state index in [1.165, 1.54) is 6.07 Å². The first-order chi connectivity index (χ1) is 19.1. The summed E-state index contributed by atoms with van der Waals surface area (Å²) in [6.07, 6.45) is 6.15. The van der Waals surface area contributed by atoms with Crippen LogP contribution in [0.1, 0.15) is 67.8 Å². The molecule has 2 saturated carbocycles. The van der Waals surface area contributed by atoms with Crippen molar-refractivity contribution in [3.63, 3.8) is 0 Å².